The summed E-state index contributed by atoms with van der Waals surface area (Å²) in [5.74, 6) is 1.42. The van der Waals surface area contributed by atoms with Crippen LogP contribution in [-0.2, 0) is 4.74 Å². The average molecular weight is 310 g/mol. The maximum atomic E-state index is 6.51. The zero-order chi connectivity index (χ0) is 13.7. The molecule has 3 heterocycles. The van der Waals surface area contributed by atoms with Crippen molar-refractivity contribution in [3.63, 3.8) is 0 Å². The number of para-hydroxylation sites is 1. The van der Waals surface area contributed by atoms with Crippen LogP contribution in [-0.4, -0.2) is 24.3 Å². The molecule has 0 radical (unpaired) electrons. The molecular weight excluding hydrogens is 286 g/mol. The van der Waals surface area contributed by atoms with Crippen molar-refractivity contribution in [1.82, 2.24) is 5.32 Å². The number of benzene rings is 1. The molecule has 21 heavy (non-hydrogen) atoms. The molecule has 0 unspecified atom stereocenters. The van der Waals surface area contributed by atoms with Gasteiger partial charge in [0.15, 0.2) is 0 Å². The van der Waals surface area contributed by atoms with Gasteiger partial charge in [-0.2, -0.15) is 0 Å². The van der Waals surface area contributed by atoms with Crippen LogP contribution in [0.1, 0.15) is 44.8 Å². The van der Waals surface area contributed by atoms with Gasteiger partial charge in [-0.25, -0.2) is 0 Å². The normalized spacial score (nSPS) is 36.3. The first-order chi connectivity index (χ1) is 9.65. The Morgan fingerprint density at radius 2 is 2.05 bits per heavy atom. The van der Waals surface area contributed by atoms with Crippen molar-refractivity contribution in [2.45, 2.75) is 57.0 Å². The van der Waals surface area contributed by atoms with Crippen LogP contribution in [0, 0.1) is 5.92 Å². The molecule has 0 spiro atoms. The van der Waals surface area contributed by atoms with E-state index in [1.807, 2.05) is 6.07 Å². The third kappa shape index (κ3) is 2.45. The van der Waals surface area contributed by atoms with Gasteiger partial charge in [-0.1, -0.05) is 18.2 Å². The van der Waals surface area contributed by atoms with Crippen LogP contribution in [0.25, 0.3) is 0 Å². The van der Waals surface area contributed by atoms with Crippen molar-refractivity contribution in [3.8, 4) is 5.75 Å². The van der Waals surface area contributed by atoms with Crippen LogP contribution in [0.15, 0.2) is 24.3 Å². The summed E-state index contributed by atoms with van der Waals surface area (Å²) >= 11 is 0. The highest BCUT2D eigenvalue weighted by atomic mass is 35.5. The Morgan fingerprint density at radius 3 is 2.90 bits per heavy atom. The molecule has 2 fully saturated rings. The van der Waals surface area contributed by atoms with Crippen LogP contribution < -0.4 is 10.1 Å². The summed E-state index contributed by atoms with van der Waals surface area (Å²) in [6, 6.07) is 8.87. The molecule has 1 N–H and O–H groups in total. The fraction of sp³-hybridized carbons (Fsp3) is 0.647. The Morgan fingerprint density at radius 1 is 1.24 bits per heavy atom. The van der Waals surface area contributed by atoms with E-state index in [1.165, 1.54) is 18.4 Å². The highest BCUT2D eigenvalue weighted by Crippen LogP contribution is 2.51. The fourth-order valence-electron chi connectivity index (χ4n) is 4.11. The van der Waals surface area contributed by atoms with E-state index in [9.17, 15) is 0 Å². The monoisotopic (exact) mass is 309 g/mol. The summed E-state index contributed by atoms with van der Waals surface area (Å²) < 4.78 is 12.8. The highest BCUT2D eigenvalue weighted by molar-refractivity contribution is 5.85. The van der Waals surface area contributed by atoms with Crippen LogP contribution in [0.2, 0.25) is 0 Å². The molecule has 2 saturated heterocycles. The molecule has 4 atom stereocenters. The minimum absolute atomic E-state index is 0. The van der Waals surface area contributed by atoms with Gasteiger partial charge in [0.05, 0.1) is 12.2 Å². The summed E-state index contributed by atoms with van der Waals surface area (Å²) in [5.41, 5.74) is 1.07. The lowest BCUT2D eigenvalue weighted by molar-refractivity contribution is -0.167. The lowest BCUT2D eigenvalue weighted by Gasteiger charge is -2.52. The van der Waals surface area contributed by atoms with E-state index in [1.54, 1.807) is 0 Å². The summed E-state index contributed by atoms with van der Waals surface area (Å²) in [4.78, 5) is 0. The van der Waals surface area contributed by atoms with Gasteiger partial charge in [-0.15, -0.1) is 12.4 Å². The molecule has 0 aliphatic carbocycles. The van der Waals surface area contributed by atoms with Crippen molar-refractivity contribution in [1.29, 1.82) is 0 Å². The van der Waals surface area contributed by atoms with Gasteiger partial charge in [-0.05, 0) is 45.7 Å². The van der Waals surface area contributed by atoms with Gasteiger partial charge in [0.2, 0.25) is 0 Å². The first-order valence-corrected chi connectivity index (χ1v) is 7.82. The highest BCUT2D eigenvalue weighted by Gasteiger charge is 2.50. The number of hydrogen-bond donors (Lipinski definition) is 1. The van der Waals surface area contributed by atoms with E-state index in [2.05, 4.69) is 37.4 Å². The standard InChI is InChI=1S/C17H23NO2.ClH/c1-17(2)12-10-13-15(8-5-9-18-13)19-16(12)11-6-3-4-7-14(11)20-17;/h3-4,6-7,12-13,15-16,18H,5,8-10H2,1-2H3;1H/t12-,13-,15-,16+;/m1./s1. The van der Waals surface area contributed by atoms with Crippen LogP contribution in [0.5, 0.6) is 5.75 Å². The van der Waals surface area contributed by atoms with E-state index in [-0.39, 0.29) is 24.1 Å². The molecule has 1 aromatic carbocycles. The van der Waals surface area contributed by atoms with Crippen molar-refractivity contribution in [2.24, 2.45) is 5.92 Å². The average Bonchev–Trinajstić information content (AvgIpc) is 2.45. The van der Waals surface area contributed by atoms with Crippen molar-refractivity contribution in [3.05, 3.63) is 29.8 Å². The zero-order valence-electron chi connectivity index (χ0n) is 12.7. The number of ether oxygens (including phenoxy) is 2. The van der Waals surface area contributed by atoms with Gasteiger partial charge in [-0.3, -0.25) is 0 Å². The van der Waals surface area contributed by atoms with E-state index < -0.39 is 0 Å². The maximum Gasteiger partial charge on any atom is 0.125 e. The quantitative estimate of drug-likeness (QED) is 0.796. The maximum absolute atomic E-state index is 6.51. The first-order valence-electron chi connectivity index (χ1n) is 7.82. The molecule has 4 rings (SSSR count). The van der Waals surface area contributed by atoms with Gasteiger partial charge >= 0.3 is 0 Å². The van der Waals surface area contributed by atoms with Crippen molar-refractivity contribution in [2.75, 3.05) is 6.54 Å². The molecule has 0 saturated carbocycles. The largest absolute Gasteiger partial charge is 0.487 e. The Bertz CT molecular complexity index is 519. The molecule has 0 bridgehead atoms. The molecule has 4 heteroatoms. The minimum Gasteiger partial charge on any atom is -0.487 e. The molecule has 3 aliphatic rings. The predicted octanol–water partition coefficient (Wildman–Crippen LogP) is 3.48. The SMILES string of the molecule is CC1(C)Oc2ccccc2[C@@H]2O[C@@H]3CCCN[C@@H]3C[C@H]21.Cl. The molecule has 0 amide bonds. The van der Waals surface area contributed by atoms with Gasteiger partial charge in [0.1, 0.15) is 11.4 Å². The number of piperidine rings is 1. The van der Waals surface area contributed by atoms with Crippen LogP contribution in [0.3, 0.4) is 0 Å². The molecule has 1 aromatic rings. The second kappa shape index (κ2) is 5.45. The number of halogens is 1. The zero-order valence-corrected chi connectivity index (χ0v) is 13.5. The van der Waals surface area contributed by atoms with E-state index >= 15 is 0 Å². The fourth-order valence-corrected chi connectivity index (χ4v) is 4.11. The van der Waals surface area contributed by atoms with Crippen molar-refractivity contribution >= 4 is 12.4 Å². The van der Waals surface area contributed by atoms with Gasteiger partial charge in [0, 0.05) is 17.5 Å². The Hall–Kier alpha value is -0.770. The first kappa shape index (κ1) is 15.1. The summed E-state index contributed by atoms with van der Waals surface area (Å²) in [6.07, 6.45) is 4.12. The Labute approximate surface area is 132 Å². The third-order valence-electron chi connectivity index (χ3n) is 5.21. The number of rotatable bonds is 0. The van der Waals surface area contributed by atoms with Gasteiger partial charge in [0.25, 0.3) is 0 Å². The molecule has 0 aromatic heterocycles. The molecule has 116 valence electrons. The number of fused-ring (bicyclic) bond motifs is 4. The number of nitrogens with one attached hydrogen (secondary N) is 1. The number of hydrogen-bond acceptors (Lipinski definition) is 3. The second-order valence-corrected chi connectivity index (χ2v) is 6.88. The van der Waals surface area contributed by atoms with Crippen LogP contribution in [0.4, 0.5) is 0 Å². The smallest absolute Gasteiger partial charge is 0.125 e. The van der Waals surface area contributed by atoms with E-state index in [0.717, 1.165) is 18.7 Å². The molecule has 3 aliphatic heterocycles. The van der Waals surface area contributed by atoms with E-state index in [0.29, 0.717) is 18.1 Å². The molecular formula is C17H24ClNO2. The second-order valence-electron chi connectivity index (χ2n) is 6.88. The summed E-state index contributed by atoms with van der Waals surface area (Å²) in [5, 5.41) is 3.64. The van der Waals surface area contributed by atoms with E-state index in [4.69, 9.17) is 9.47 Å². The topological polar surface area (TPSA) is 30.5 Å². The summed E-state index contributed by atoms with van der Waals surface area (Å²) in [6.45, 7) is 5.53. The molecule has 3 nitrogen and oxygen atoms in total. The lowest BCUT2D eigenvalue weighted by Crippen LogP contribution is -2.57. The Kier molecular flexibility index (Phi) is 3.93. The van der Waals surface area contributed by atoms with Gasteiger partial charge < -0.3 is 14.8 Å². The lowest BCUT2D eigenvalue weighted by atomic mass is 9.73. The van der Waals surface area contributed by atoms with Crippen LogP contribution >= 0.6 is 12.4 Å². The predicted molar refractivity (Wildman–Crippen MR) is 85.1 cm³/mol. The third-order valence-corrected chi connectivity index (χ3v) is 5.21. The Balaban J connectivity index is 0.00000132. The summed E-state index contributed by atoms with van der Waals surface area (Å²) in [7, 11) is 0. The van der Waals surface area contributed by atoms with Crippen molar-refractivity contribution < 1.29 is 9.47 Å². The minimum atomic E-state index is -0.164.